The lowest BCUT2D eigenvalue weighted by Gasteiger charge is -2.39. The molecule has 1 aliphatic rings. The molecular formula is C19H18N2O5. The van der Waals surface area contributed by atoms with Gasteiger partial charge >= 0.3 is 12.0 Å². The zero-order valence-electron chi connectivity index (χ0n) is 14.6. The number of urea groups is 1. The molecule has 0 radical (unpaired) electrons. The van der Waals surface area contributed by atoms with E-state index in [2.05, 4.69) is 0 Å². The second-order valence-electron chi connectivity index (χ2n) is 5.83. The molecule has 0 unspecified atom stereocenters. The number of methoxy groups -OCH3 is 1. The molecule has 0 saturated heterocycles. The van der Waals surface area contributed by atoms with Crippen molar-refractivity contribution < 1.29 is 23.5 Å². The van der Waals surface area contributed by atoms with Gasteiger partial charge in [-0.3, -0.25) is 9.69 Å². The number of hydrogen-bond acceptors (Lipinski definition) is 5. The molecule has 26 heavy (non-hydrogen) atoms. The maximum atomic E-state index is 13.1. The largest absolute Gasteiger partial charge is 0.464 e. The summed E-state index contributed by atoms with van der Waals surface area (Å²) in [4.78, 5) is 40.8. The van der Waals surface area contributed by atoms with Crippen LogP contribution in [0, 0.1) is 0 Å². The molecule has 1 aromatic carbocycles. The zero-order chi connectivity index (χ0) is 18.8. The van der Waals surface area contributed by atoms with Gasteiger partial charge in [0.05, 0.1) is 25.0 Å². The highest BCUT2D eigenvalue weighted by Crippen LogP contribution is 2.37. The number of rotatable bonds is 4. The van der Waals surface area contributed by atoms with Crippen LogP contribution in [-0.2, 0) is 9.53 Å². The summed E-state index contributed by atoms with van der Waals surface area (Å²) < 4.78 is 10.1. The predicted molar refractivity (Wildman–Crippen MR) is 92.2 cm³/mol. The van der Waals surface area contributed by atoms with Crippen LogP contribution in [0.2, 0.25) is 0 Å². The number of benzene rings is 1. The summed E-state index contributed by atoms with van der Waals surface area (Å²) in [6.45, 7) is 0. The third-order valence-corrected chi connectivity index (χ3v) is 4.32. The highest BCUT2D eigenvalue weighted by molar-refractivity contribution is 6.14. The van der Waals surface area contributed by atoms with Crippen molar-refractivity contribution in [1.82, 2.24) is 9.80 Å². The SMILES string of the molecule is COC(=O)C1=C(C(=O)c2ccco2)[C@H](c2ccccc2)N(C)C(=O)N1C. The zero-order valence-corrected chi connectivity index (χ0v) is 14.6. The molecule has 1 aromatic heterocycles. The van der Waals surface area contributed by atoms with Crippen molar-refractivity contribution in [2.75, 3.05) is 21.2 Å². The lowest BCUT2D eigenvalue weighted by atomic mass is 9.89. The van der Waals surface area contributed by atoms with Gasteiger partial charge in [0.1, 0.15) is 5.70 Å². The molecule has 7 nitrogen and oxygen atoms in total. The monoisotopic (exact) mass is 354 g/mol. The summed E-state index contributed by atoms with van der Waals surface area (Å²) in [7, 11) is 4.22. The van der Waals surface area contributed by atoms with Crippen LogP contribution < -0.4 is 0 Å². The van der Waals surface area contributed by atoms with Crippen molar-refractivity contribution in [3.05, 3.63) is 71.3 Å². The van der Waals surface area contributed by atoms with Crippen LogP contribution in [0.25, 0.3) is 0 Å². The fourth-order valence-electron chi connectivity index (χ4n) is 3.09. The van der Waals surface area contributed by atoms with E-state index in [4.69, 9.17) is 9.15 Å². The minimum atomic E-state index is -0.759. The van der Waals surface area contributed by atoms with E-state index in [0.29, 0.717) is 5.56 Å². The molecule has 2 aromatic rings. The Balaban J connectivity index is 2.28. The number of nitrogens with zero attached hydrogens (tertiary/aromatic N) is 2. The number of carbonyl (C=O) groups is 3. The number of carbonyl (C=O) groups excluding carboxylic acids is 3. The van der Waals surface area contributed by atoms with E-state index in [-0.39, 0.29) is 17.0 Å². The molecule has 2 amide bonds. The van der Waals surface area contributed by atoms with Gasteiger partial charge in [0, 0.05) is 14.1 Å². The third kappa shape index (κ3) is 2.77. The number of Topliss-reactive ketones (excluding diaryl/α,β-unsaturated/α-hetero) is 1. The summed E-state index contributed by atoms with van der Waals surface area (Å²) in [6, 6.07) is 11.0. The lowest BCUT2D eigenvalue weighted by molar-refractivity contribution is -0.137. The van der Waals surface area contributed by atoms with Gasteiger partial charge in [0.15, 0.2) is 5.76 Å². The third-order valence-electron chi connectivity index (χ3n) is 4.32. The maximum Gasteiger partial charge on any atom is 0.355 e. The predicted octanol–water partition coefficient (Wildman–Crippen LogP) is 2.63. The molecule has 0 saturated carbocycles. The van der Waals surface area contributed by atoms with E-state index in [9.17, 15) is 14.4 Å². The number of hydrogen-bond donors (Lipinski definition) is 0. The first-order valence-electron chi connectivity index (χ1n) is 7.93. The van der Waals surface area contributed by atoms with Crippen molar-refractivity contribution >= 4 is 17.8 Å². The van der Waals surface area contributed by atoms with Gasteiger partial charge in [0.2, 0.25) is 5.78 Å². The molecule has 0 N–H and O–H groups in total. The maximum absolute atomic E-state index is 13.1. The first-order chi connectivity index (χ1) is 12.5. The highest BCUT2D eigenvalue weighted by Gasteiger charge is 2.43. The minimum absolute atomic E-state index is 0.0819. The van der Waals surface area contributed by atoms with Gasteiger partial charge in [-0.1, -0.05) is 30.3 Å². The van der Waals surface area contributed by atoms with Gasteiger partial charge in [-0.15, -0.1) is 0 Å². The normalized spacial score (nSPS) is 17.5. The molecule has 7 heteroatoms. The van der Waals surface area contributed by atoms with Gasteiger partial charge in [-0.25, -0.2) is 9.59 Å². The number of ketones is 1. The van der Waals surface area contributed by atoms with Crippen LogP contribution in [0.5, 0.6) is 0 Å². The summed E-state index contributed by atoms with van der Waals surface area (Å²) in [5.74, 6) is -1.15. The standard InChI is InChI=1S/C19H18N2O5/c1-20-15(12-8-5-4-6-9-12)14(17(22)13-10-7-11-26-13)16(18(23)25-3)21(2)19(20)24/h4-11,15H,1-3H3/t15-/m0/s1. The van der Waals surface area contributed by atoms with E-state index >= 15 is 0 Å². The molecule has 1 atom stereocenters. The van der Waals surface area contributed by atoms with Crippen molar-refractivity contribution in [3.63, 3.8) is 0 Å². The molecular weight excluding hydrogens is 336 g/mol. The Hall–Kier alpha value is -3.35. The Kier molecular flexibility index (Phi) is 4.62. The molecule has 3 rings (SSSR count). The first-order valence-corrected chi connectivity index (χ1v) is 7.93. The fraction of sp³-hybridized carbons (Fsp3) is 0.211. The van der Waals surface area contributed by atoms with Crippen molar-refractivity contribution in [2.45, 2.75) is 6.04 Å². The van der Waals surface area contributed by atoms with E-state index < -0.39 is 23.8 Å². The summed E-state index contributed by atoms with van der Waals surface area (Å²) in [5, 5.41) is 0. The van der Waals surface area contributed by atoms with Crippen molar-refractivity contribution in [1.29, 1.82) is 0 Å². The summed E-state index contributed by atoms with van der Waals surface area (Å²) in [6.07, 6.45) is 1.38. The van der Waals surface area contributed by atoms with Crippen LogP contribution in [-0.4, -0.2) is 48.8 Å². The molecule has 2 heterocycles. The Bertz CT molecular complexity index is 871. The van der Waals surface area contributed by atoms with E-state index in [1.165, 1.54) is 31.4 Å². The highest BCUT2D eigenvalue weighted by atomic mass is 16.5. The molecule has 134 valence electrons. The average Bonchev–Trinajstić information content (AvgIpc) is 3.20. The van der Waals surface area contributed by atoms with Crippen LogP contribution >= 0.6 is 0 Å². The van der Waals surface area contributed by atoms with Crippen LogP contribution in [0.15, 0.2) is 64.4 Å². The molecule has 0 aliphatic carbocycles. The Morgan fingerprint density at radius 1 is 1.08 bits per heavy atom. The lowest BCUT2D eigenvalue weighted by Crippen LogP contribution is -2.49. The van der Waals surface area contributed by atoms with Crippen LogP contribution in [0.4, 0.5) is 4.79 Å². The van der Waals surface area contributed by atoms with Crippen LogP contribution in [0.3, 0.4) is 0 Å². The quantitative estimate of drug-likeness (QED) is 0.623. The number of amides is 2. The number of furan rings is 1. The first kappa shape index (κ1) is 17.5. The molecule has 1 aliphatic heterocycles. The Morgan fingerprint density at radius 3 is 2.35 bits per heavy atom. The second-order valence-corrected chi connectivity index (χ2v) is 5.83. The fourth-order valence-corrected chi connectivity index (χ4v) is 3.09. The minimum Gasteiger partial charge on any atom is -0.464 e. The average molecular weight is 354 g/mol. The van der Waals surface area contributed by atoms with E-state index in [0.717, 1.165) is 4.90 Å². The van der Waals surface area contributed by atoms with Crippen LogP contribution in [0.1, 0.15) is 22.2 Å². The van der Waals surface area contributed by atoms with Gasteiger partial charge in [-0.2, -0.15) is 0 Å². The molecule has 0 bridgehead atoms. The van der Waals surface area contributed by atoms with Gasteiger partial charge in [0.25, 0.3) is 0 Å². The Morgan fingerprint density at radius 2 is 1.77 bits per heavy atom. The number of esters is 1. The molecule has 0 spiro atoms. The van der Waals surface area contributed by atoms with Crippen molar-refractivity contribution in [2.24, 2.45) is 0 Å². The van der Waals surface area contributed by atoms with Gasteiger partial charge < -0.3 is 14.1 Å². The molecule has 0 fully saturated rings. The Labute approximate surface area is 150 Å². The summed E-state index contributed by atoms with van der Waals surface area (Å²) >= 11 is 0. The topological polar surface area (TPSA) is 80.1 Å². The number of likely N-dealkylation sites (N-methyl/N-ethyl adjacent to an activating group) is 2. The van der Waals surface area contributed by atoms with Crippen molar-refractivity contribution in [3.8, 4) is 0 Å². The second kappa shape index (κ2) is 6.87. The van der Waals surface area contributed by atoms with E-state index in [1.54, 1.807) is 37.4 Å². The van der Waals surface area contributed by atoms with Gasteiger partial charge in [-0.05, 0) is 17.7 Å². The van der Waals surface area contributed by atoms with E-state index in [1.807, 2.05) is 6.07 Å². The number of ether oxygens (including phenoxy) is 1. The smallest absolute Gasteiger partial charge is 0.355 e. The summed E-state index contributed by atoms with van der Waals surface area (Å²) in [5.41, 5.74) is 0.737.